The van der Waals surface area contributed by atoms with E-state index >= 15 is 0 Å². The number of nitro groups is 1. The first-order chi connectivity index (χ1) is 14.1. The summed E-state index contributed by atoms with van der Waals surface area (Å²) in [7, 11) is -1.33. The highest BCUT2D eigenvalue weighted by molar-refractivity contribution is 7.89. The van der Waals surface area contributed by atoms with Crippen LogP contribution in [0, 0.1) is 10.1 Å². The maximum atomic E-state index is 12.8. The van der Waals surface area contributed by atoms with Crippen molar-refractivity contribution < 1.29 is 32.5 Å². The van der Waals surface area contributed by atoms with E-state index in [9.17, 15) is 28.1 Å². The zero-order chi connectivity index (χ0) is 24.0. The maximum absolute atomic E-state index is 12.8. The number of nitrogens with two attached hydrogens (primary N) is 1. The predicted molar refractivity (Wildman–Crippen MR) is 109 cm³/mol. The summed E-state index contributed by atoms with van der Waals surface area (Å²) < 4.78 is 31.8. The lowest BCUT2D eigenvalue weighted by molar-refractivity contribution is -0.386. The van der Waals surface area contributed by atoms with Gasteiger partial charge in [0.2, 0.25) is 10.0 Å². The van der Waals surface area contributed by atoms with E-state index in [4.69, 9.17) is 15.3 Å². The van der Waals surface area contributed by atoms with Crippen LogP contribution >= 0.6 is 0 Å². The summed E-state index contributed by atoms with van der Waals surface area (Å²) in [4.78, 5) is 38.8. The van der Waals surface area contributed by atoms with Crippen LogP contribution in [0.2, 0.25) is 0 Å². The summed E-state index contributed by atoms with van der Waals surface area (Å²) in [5, 5.41) is 11.3. The third-order valence-electron chi connectivity index (χ3n) is 3.82. The lowest BCUT2D eigenvalue weighted by Gasteiger charge is -2.26. The third kappa shape index (κ3) is 7.99. The smallest absolute Gasteiger partial charge is 0.410 e. The van der Waals surface area contributed by atoms with Crippen molar-refractivity contribution in [3.8, 4) is 0 Å². The van der Waals surface area contributed by atoms with Gasteiger partial charge < -0.3 is 15.4 Å². The third-order valence-corrected chi connectivity index (χ3v) is 5.67. The lowest BCUT2D eigenvalue weighted by Crippen LogP contribution is -2.39. The topological polar surface area (TPSA) is 174 Å². The van der Waals surface area contributed by atoms with Crippen molar-refractivity contribution in [2.45, 2.75) is 37.9 Å². The number of urea groups is 1. The molecule has 14 heteroatoms. The molecule has 0 atom stereocenters. The highest BCUT2D eigenvalue weighted by atomic mass is 32.2. The summed E-state index contributed by atoms with van der Waals surface area (Å²) in [5.41, 5.74) is 5.49. The molecule has 3 amide bonds. The Bertz CT molecular complexity index is 929. The number of nitrogens with zero attached hydrogens (tertiary/aromatic N) is 3. The van der Waals surface area contributed by atoms with Crippen molar-refractivity contribution in [3.63, 3.8) is 0 Å². The lowest BCUT2D eigenvalue weighted by atomic mass is 10.2. The van der Waals surface area contributed by atoms with Crippen LogP contribution < -0.4 is 11.2 Å². The summed E-state index contributed by atoms with van der Waals surface area (Å²) >= 11 is 0. The molecule has 1 aromatic carbocycles. The van der Waals surface area contributed by atoms with Crippen LogP contribution in [0.25, 0.3) is 0 Å². The Labute approximate surface area is 180 Å². The Morgan fingerprint density at radius 3 is 2.35 bits per heavy atom. The van der Waals surface area contributed by atoms with E-state index in [1.165, 1.54) is 31.1 Å². The maximum Gasteiger partial charge on any atom is 0.410 e. The van der Waals surface area contributed by atoms with Crippen molar-refractivity contribution in [2.24, 2.45) is 5.73 Å². The monoisotopic (exact) mass is 461 g/mol. The van der Waals surface area contributed by atoms with Crippen LogP contribution in [-0.4, -0.2) is 67.5 Å². The van der Waals surface area contributed by atoms with Gasteiger partial charge in [-0.1, -0.05) is 0 Å². The number of sulfonamides is 1. The van der Waals surface area contributed by atoms with Gasteiger partial charge in [0.15, 0.2) is 0 Å². The highest BCUT2D eigenvalue weighted by Crippen LogP contribution is 2.25. The number of hydrogen-bond acceptors (Lipinski definition) is 8. The Kier molecular flexibility index (Phi) is 8.72. The zero-order valence-corrected chi connectivity index (χ0v) is 18.8. The molecule has 3 N–H and O–H groups in total. The van der Waals surface area contributed by atoms with Gasteiger partial charge in [0, 0.05) is 33.3 Å². The van der Waals surface area contributed by atoms with Crippen LogP contribution in [0.1, 0.15) is 26.3 Å². The first kappa shape index (κ1) is 26.1. The molecule has 1 rings (SSSR count). The van der Waals surface area contributed by atoms with Crippen LogP contribution in [0.5, 0.6) is 0 Å². The molecule has 0 saturated heterocycles. The van der Waals surface area contributed by atoms with E-state index in [-0.39, 0.29) is 23.5 Å². The molecule has 0 fully saturated rings. The summed E-state index contributed by atoms with van der Waals surface area (Å²) in [6, 6.07) is 2.29. The second-order valence-corrected chi connectivity index (χ2v) is 9.58. The molecule has 0 aromatic heterocycles. The SMILES string of the molecule is CN(CCN(C)S(=O)(=O)c1ccc(CONC(N)=O)c([N+](=O)[O-])c1)C(=O)OC(C)(C)C. The van der Waals surface area contributed by atoms with Crippen LogP contribution in [0.15, 0.2) is 23.1 Å². The van der Waals surface area contributed by atoms with Crippen molar-refractivity contribution >= 4 is 27.8 Å². The van der Waals surface area contributed by atoms with Crippen LogP contribution in [0.4, 0.5) is 15.3 Å². The van der Waals surface area contributed by atoms with Gasteiger partial charge in [-0.3, -0.25) is 15.0 Å². The quantitative estimate of drug-likeness (QED) is 0.407. The number of benzene rings is 1. The van der Waals surface area contributed by atoms with Gasteiger partial charge in [0.05, 0.1) is 15.4 Å². The number of primary amides is 1. The van der Waals surface area contributed by atoms with Gasteiger partial charge >= 0.3 is 12.1 Å². The fraction of sp³-hybridized carbons (Fsp3) is 0.529. The summed E-state index contributed by atoms with van der Waals surface area (Å²) in [5.74, 6) is 0. The number of likely N-dealkylation sites (N-methyl/N-ethyl adjacent to an activating group) is 2. The molecule has 0 radical (unpaired) electrons. The minimum absolute atomic E-state index is 0.0324. The van der Waals surface area contributed by atoms with Gasteiger partial charge in [-0.05, 0) is 32.9 Å². The Hall–Kier alpha value is -2.97. The molecule has 0 unspecified atom stereocenters. The van der Waals surface area contributed by atoms with Gasteiger partial charge in [0.1, 0.15) is 12.2 Å². The second kappa shape index (κ2) is 10.4. The fourth-order valence-electron chi connectivity index (χ4n) is 2.20. The molecular weight excluding hydrogens is 434 g/mol. The average molecular weight is 461 g/mol. The number of hydroxylamine groups is 1. The molecule has 0 bridgehead atoms. The minimum atomic E-state index is -4.08. The molecule has 1 aromatic rings. The molecule has 0 saturated carbocycles. The van der Waals surface area contributed by atoms with E-state index in [1.807, 2.05) is 5.48 Å². The second-order valence-electron chi connectivity index (χ2n) is 7.53. The molecule has 31 heavy (non-hydrogen) atoms. The van der Waals surface area contributed by atoms with E-state index in [0.717, 1.165) is 10.4 Å². The van der Waals surface area contributed by atoms with E-state index in [0.29, 0.717) is 0 Å². The largest absolute Gasteiger partial charge is 0.444 e. The van der Waals surface area contributed by atoms with E-state index in [2.05, 4.69) is 0 Å². The molecule has 0 spiro atoms. The standard InChI is InChI=1S/C17H27N5O8S/c1-17(2,3)30-16(24)20(4)8-9-21(5)31(27,28)13-7-6-12(11-29-19-15(18)23)14(10-13)22(25)26/h6-7,10H,8-9,11H2,1-5H3,(H3,18,19,23). The number of carbonyl (C=O) groups excluding carboxylic acids is 2. The highest BCUT2D eigenvalue weighted by Gasteiger charge is 2.26. The summed E-state index contributed by atoms with van der Waals surface area (Å²) in [6.07, 6.45) is -0.608. The van der Waals surface area contributed by atoms with Gasteiger partial charge in [-0.15, -0.1) is 0 Å². The fourth-order valence-corrected chi connectivity index (χ4v) is 3.39. The normalized spacial score (nSPS) is 11.8. The van der Waals surface area contributed by atoms with Gasteiger partial charge in [-0.2, -0.15) is 4.31 Å². The van der Waals surface area contributed by atoms with Gasteiger partial charge in [-0.25, -0.2) is 23.5 Å². The number of carbonyl (C=O) groups is 2. The predicted octanol–water partition coefficient (Wildman–Crippen LogP) is 1.18. The first-order valence-electron chi connectivity index (χ1n) is 9.00. The minimum Gasteiger partial charge on any atom is -0.444 e. The number of hydrogen-bond donors (Lipinski definition) is 2. The molecule has 0 aliphatic carbocycles. The molecule has 0 aliphatic heterocycles. The van der Waals surface area contributed by atoms with E-state index in [1.54, 1.807) is 20.8 Å². The molecular formula is C17H27N5O8S. The Balaban J connectivity index is 2.94. The average Bonchev–Trinajstić information content (AvgIpc) is 2.63. The van der Waals surface area contributed by atoms with Gasteiger partial charge in [0.25, 0.3) is 5.69 Å². The molecule has 13 nitrogen and oxygen atoms in total. The van der Waals surface area contributed by atoms with Crippen molar-refractivity contribution in [1.29, 1.82) is 0 Å². The summed E-state index contributed by atoms with van der Waals surface area (Å²) in [6.45, 7) is 4.70. The van der Waals surface area contributed by atoms with Crippen molar-refractivity contribution in [2.75, 3.05) is 27.2 Å². The number of nitro benzene ring substituents is 1. The van der Waals surface area contributed by atoms with E-state index < -0.39 is 45.0 Å². The Morgan fingerprint density at radius 2 is 1.84 bits per heavy atom. The molecule has 0 aliphatic rings. The Morgan fingerprint density at radius 1 is 1.23 bits per heavy atom. The van der Waals surface area contributed by atoms with Crippen molar-refractivity contribution in [1.82, 2.24) is 14.7 Å². The van der Waals surface area contributed by atoms with Crippen molar-refractivity contribution in [3.05, 3.63) is 33.9 Å². The number of amides is 3. The molecule has 174 valence electrons. The van der Waals surface area contributed by atoms with Crippen LogP contribution in [0.3, 0.4) is 0 Å². The van der Waals surface area contributed by atoms with Crippen LogP contribution in [-0.2, 0) is 26.2 Å². The molecule has 0 heterocycles. The number of ether oxygens (including phenoxy) is 1. The zero-order valence-electron chi connectivity index (χ0n) is 17.9. The number of rotatable bonds is 9. The first-order valence-corrected chi connectivity index (χ1v) is 10.4. The number of nitrogens with one attached hydrogen (secondary N) is 1.